The summed E-state index contributed by atoms with van der Waals surface area (Å²) in [7, 11) is 1.46. The third kappa shape index (κ3) is 3.61. The highest BCUT2D eigenvalue weighted by Gasteiger charge is 2.20. The molecule has 0 spiro atoms. The largest absolute Gasteiger partial charge is 0.368 e. The molecule has 1 atom stereocenters. The quantitative estimate of drug-likeness (QED) is 0.667. The van der Waals surface area contributed by atoms with Gasteiger partial charge in [-0.2, -0.15) is 0 Å². The molecule has 0 heterocycles. The Morgan fingerprint density at radius 2 is 2.08 bits per heavy atom. The summed E-state index contributed by atoms with van der Waals surface area (Å²) < 4.78 is 23.7. The highest BCUT2D eigenvalue weighted by molar-refractivity contribution is 5.79. The summed E-state index contributed by atoms with van der Waals surface area (Å²) in [6, 6.07) is -0.584. The van der Waals surface area contributed by atoms with Gasteiger partial charge in [-0.3, -0.25) is 9.69 Å². The Kier molecular flexibility index (Phi) is 4.73. The minimum atomic E-state index is -2.43. The molecule has 0 radical (unpaired) electrons. The lowest BCUT2D eigenvalue weighted by atomic mass is 10.2. The van der Waals surface area contributed by atoms with Gasteiger partial charge in [0.05, 0.1) is 12.6 Å². The molecule has 2 N–H and O–H groups in total. The van der Waals surface area contributed by atoms with E-state index in [1.165, 1.54) is 11.9 Å². The van der Waals surface area contributed by atoms with E-state index < -0.39 is 24.9 Å². The van der Waals surface area contributed by atoms with Gasteiger partial charge in [0, 0.05) is 0 Å². The van der Waals surface area contributed by atoms with Crippen molar-refractivity contribution in [1.29, 1.82) is 0 Å². The van der Waals surface area contributed by atoms with Crippen LogP contribution in [0, 0.1) is 0 Å². The molecule has 0 fully saturated rings. The predicted molar refractivity (Wildman–Crippen MR) is 41.9 cm³/mol. The maximum atomic E-state index is 11.9. The first-order chi connectivity index (χ1) is 5.49. The summed E-state index contributed by atoms with van der Waals surface area (Å²) in [6.45, 7) is 1.32. The van der Waals surface area contributed by atoms with Gasteiger partial charge in [-0.05, 0) is 13.5 Å². The maximum absolute atomic E-state index is 11.9. The number of likely N-dealkylation sites (N-methyl/N-ethyl adjacent to an activating group) is 1. The predicted octanol–water partition coefficient (Wildman–Crippen LogP) is 0.447. The average molecular weight is 180 g/mol. The number of carbonyl (C=O) groups excluding carboxylic acids is 1. The Labute approximate surface area is 70.5 Å². The van der Waals surface area contributed by atoms with Gasteiger partial charge in [-0.15, -0.1) is 0 Å². The van der Waals surface area contributed by atoms with Gasteiger partial charge in [0.15, 0.2) is 0 Å². The fraction of sp³-hybridized carbons (Fsp3) is 0.857. The smallest absolute Gasteiger partial charge is 0.251 e. The van der Waals surface area contributed by atoms with E-state index in [-0.39, 0.29) is 0 Å². The van der Waals surface area contributed by atoms with Gasteiger partial charge in [-0.1, -0.05) is 6.92 Å². The molecule has 1 amide bonds. The van der Waals surface area contributed by atoms with Crippen molar-refractivity contribution in [3.8, 4) is 0 Å². The van der Waals surface area contributed by atoms with E-state index in [2.05, 4.69) is 0 Å². The second-order valence-corrected chi connectivity index (χ2v) is 2.66. The van der Waals surface area contributed by atoms with Crippen molar-refractivity contribution >= 4 is 5.91 Å². The number of hydrogen-bond donors (Lipinski definition) is 1. The van der Waals surface area contributed by atoms with Gasteiger partial charge in [-0.25, -0.2) is 8.78 Å². The Hall–Kier alpha value is -0.710. The molecule has 0 saturated carbocycles. The molecule has 0 aliphatic carbocycles. The molecule has 72 valence electrons. The molecule has 3 nitrogen and oxygen atoms in total. The van der Waals surface area contributed by atoms with E-state index in [9.17, 15) is 13.6 Å². The monoisotopic (exact) mass is 180 g/mol. The number of halogens is 2. The SMILES string of the molecule is CCC(C(N)=O)N(C)CC(F)F. The molecule has 0 aromatic carbocycles. The summed E-state index contributed by atoms with van der Waals surface area (Å²) in [5.74, 6) is -0.555. The number of carbonyl (C=O) groups is 1. The van der Waals surface area contributed by atoms with Crippen LogP contribution in [0.15, 0.2) is 0 Å². The number of hydrogen-bond acceptors (Lipinski definition) is 2. The Balaban J connectivity index is 4.02. The first-order valence-electron chi connectivity index (χ1n) is 3.76. The Morgan fingerprint density at radius 3 is 2.33 bits per heavy atom. The van der Waals surface area contributed by atoms with Crippen molar-refractivity contribution in [2.75, 3.05) is 13.6 Å². The summed E-state index contributed by atoms with van der Waals surface area (Å²) in [5, 5.41) is 0. The minimum Gasteiger partial charge on any atom is -0.368 e. The van der Waals surface area contributed by atoms with Crippen LogP contribution in [0.4, 0.5) is 8.78 Å². The fourth-order valence-corrected chi connectivity index (χ4v) is 1.08. The van der Waals surface area contributed by atoms with E-state index in [4.69, 9.17) is 5.73 Å². The van der Waals surface area contributed by atoms with Crippen molar-refractivity contribution in [3.63, 3.8) is 0 Å². The first kappa shape index (κ1) is 11.3. The number of nitrogens with zero attached hydrogens (tertiary/aromatic N) is 1. The molecular weight excluding hydrogens is 166 g/mol. The number of alkyl halides is 2. The summed E-state index contributed by atoms with van der Waals surface area (Å²) in [4.78, 5) is 12.0. The zero-order chi connectivity index (χ0) is 9.72. The van der Waals surface area contributed by atoms with Crippen LogP contribution in [0.3, 0.4) is 0 Å². The average Bonchev–Trinajstić information content (AvgIpc) is 1.85. The lowest BCUT2D eigenvalue weighted by Crippen LogP contribution is -2.44. The normalized spacial score (nSPS) is 13.8. The van der Waals surface area contributed by atoms with Crippen molar-refractivity contribution < 1.29 is 13.6 Å². The zero-order valence-corrected chi connectivity index (χ0v) is 7.26. The van der Waals surface area contributed by atoms with E-state index >= 15 is 0 Å². The van der Waals surface area contributed by atoms with Crippen LogP contribution in [-0.4, -0.2) is 36.9 Å². The van der Waals surface area contributed by atoms with Gasteiger partial charge in [0.25, 0.3) is 6.43 Å². The number of nitrogens with two attached hydrogens (primary N) is 1. The maximum Gasteiger partial charge on any atom is 0.251 e. The van der Waals surface area contributed by atoms with Gasteiger partial charge < -0.3 is 5.73 Å². The van der Waals surface area contributed by atoms with Crippen LogP contribution in [0.25, 0.3) is 0 Å². The summed E-state index contributed by atoms with van der Waals surface area (Å²) >= 11 is 0. The molecule has 0 saturated heterocycles. The lowest BCUT2D eigenvalue weighted by Gasteiger charge is -2.23. The molecule has 0 rings (SSSR count). The second-order valence-electron chi connectivity index (χ2n) is 2.66. The molecule has 0 aliphatic heterocycles. The second kappa shape index (κ2) is 5.03. The van der Waals surface area contributed by atoms with Crippen molar-refractivity contribution in [1.82, 2.24) is 4.90 Å². The van der Waals surface area contributed by atoms with Gasteiger partial charge >= 0.3 is 0 Å². The van der Waals surface area contributed by atoms with Crippen LogP contribution in [0.5, 0.6) is 0 Å². The highest BCUT2D eigenvalue weighted by Crippen LogP contribution is 2.04. The molecule has 0 bridgehead atoms. The van der Waals surface area contributed by atoms with E-state index in [1.54, 1.807) is 6.92 Å². The molecule has 0 aromatic rings. The first-order valence-corrected chi connectivity index (χ1v) is 3.76. The highest BCUT2D eigenvalue weighted by atomic mass is 19.3. The molecule has 1 unspecified atom stereocenters. The number of amides is 1. The van der Waals surface area contributed by atoms with Crippen LogP contribution in [-0.2, 0) is 4.79 Å². The van der Waals surface area contributed by atoms with Crippen molar-refractivity contribution in [2.45, 2.75) is 25.8 Å². The third-order valence-corrected chi connectivity index (χ3v) is 1.67. The minimum absolute atomic E-state index is 0.415. The number of rotatable bonds is 5. The number of primary amides is 1. The summed E-state index contributed by atoms with van der Waals surface area (Å²) in [5.41, 5.74) is 5.00. The van der Waals surface area contributed by atoms with Crippen LogP contribution >= 0.6 is 0 Å². The van der Waals surface area contributed by atoms with Crippen LogP contribution in [0.1, 0.15) is 13.3 Å². The molecule has 5 heteroatoms. The molecule has 0 aliphatic rings. The Morgan fingerprint density at radius 1 is 1.58 bits per heavy atom. The lowest BCUT2D eigenvalue weighted by molar-refractivity contribution is -0.123. The van der Waals surface area contributed by atoms with Crippen molar-refractivity contribution in [2.24, 2.45) is 5.73 Å². The zero-order valence-electron chi connectivity index (χ0n) is 7.26. The molecule has 12 heavy (non-hydrogen) atoms. The fourth-order valence-electron chi connectivity index (χ4n) is 1.08. The topological polar surface area (TPSA) is 46.3 Å². The van der Waals surface area contributed by atoms with Crippen molar-refractivity contribution in [3.05, 3.63) is 0 Å². The third-order valence-electron chi connectivity index (χ3n) is 1.67. The van der Waals surface area contributed by atoms with E-state index in [1.807, 2.05) is 0 Å². The molecule has 0 aromatic heterocycles. The van der Waals surface area contributed by atoms with Crippen LogP contribution in [0.2, 0.25) is 0 Å². The summed E-state index contributed by atoms with van der Waals surface area (Å²) in [6.07, 6.45) is -1.97. The standard InChI is InChI=1S/C7H14F2N2O/c1-3-5(7(10)12)11(2)4-6(8)9/h5-6H,3-4H2,1-2H3,(H2,10,12). The van der Waals surface area contributed by atoms with Gasteiger partial charge in [0.2, 0.25) is 5.91 Å². The molecular formula is C7H14F2N2O. The van der Waals surface area contributed by atoms with E-state index in [0.717, 1.165) is 0 Å². The Bertz CT molecular complexity index is 152. The van der Waals surface area contributed by atoms with E-state index in [0.29, 0.717) is 6.42 Å². The van der Waals surface area contributed by atoms with Gasteiger partial charge in [0.1, 0.15) is 0 Å². The van der Waals surface area contributed by atoms with Crippen LogP contribution < -0.4 is 5.73 Å².